The molecule has 0 unspecified atom stereocenters. The van der Waals surface area contributed by atoms with Gasteiger partial charge in [0.25, 0.3) is 0 Å². The molecule has 0 radical (unpaired) electrons. The Balaban J connectivity index is 3.31. The van der Waals surface area contributed by atoms with Crippen molar-refractivity contribution in [1.29, 1.82) is 0 Å². The number of carbonyl (C=O) groups is 2. The van der Waals surface area contributed by atoms with Gasteiger partial charge in [-0.1, -0.05) is 32.6 Å². The number of carboxylic acids is 1. The molecule has 0 saturated heterocycles. The molecule has 19 heavy (non-hydrogen) atoms. The van der Waals surface area contributed by atoms with E-state index in [-0.39, 0.29) is 5.91 Å². The van der Waals surface area contributed by atoms with Crippen molar-refractivity contribution in [3.05, 3.63) is 0 Å². The van der Waals surface area contributed by atoms with Crippen LogP contribution in [0.2, 0.25) is 0 Å². The first-order valence-corrected chi connectivity index (χ1v) is 7.33. The van der Waals surface area contributed by atoms with Gasteiger partial charge >= 0.3 is 5.97 Å². The van der Waals surface area contributed by atoms with E-state index >= 15 is 0 Å². The highest BCUT2D eigenvalue weighted by Crippen LogP contribution is 2.04. The maximum absolute atomic E-state index is 11.5. The fourth-order valence-electron chi connectivity index (χ4n) is 1.82. The number of amides is 1. The van der Waals surface area contributed by atoms with Gasteiger partial charge in [-0.3, -0.25) is 9.59 Å². The highest BCUT2D eigenvalue weighted by atomic mass is 16.4. The van der Waals surface area contributed by atoms with E-state index in [9.17, 15) is 9.59 Å². The molecule has 0 aromatic carbocycles. The van der Waals surface area contributed by atoms with E-state index < -0.39 is 12.0 Å². The Morgan fingerprint density at radius 2 is 1.79 bits per heavy atom. The van der Waals surface area contributed by atoms with Crippen LogP contribution in [0.1, 0.15) is 64.7 Å². The molecule has 5 nitrogen and oxygen atoms in total. The van der Waals surface area contributed by atoms with Gasteiger partial charge in [0.15, 0.2) is 0 Å². The largest absolute Gasteiger partial charge is 0.480 e. The molecule has 1 amide bonds. The van der Waals surface area contributed by atoms with Crippen LogP contribution in [-0.4, -0.2) is 29.6 Å². The summed E-state index contributed by atoms with van der Waals surface area (Å²) in [6.45, 7) is 2.78. The lowest BCUT2D eigenvalue weighted by molar-refractivity contribution is -0.138. The van der Waals surface area contributed by atoms with Crippen molar-refractivity contribution in [2.75, 3.05) is 6.54 Å². The van der Waals surface area contributed by atoms with Crippen molar-refractivity contribution >= 4 is 11.9 Å². The molecule has 0 heterocycles. The average molecular weight is 272 g/mol. The fourth-order valence-corrected chi connectivity index (χ4v) is 1.82. The number of nitrogens with one attached hydrogen (secondary N) is 1. The van der Waals surface area contributed by atoms with Gasteiger partial charge in [-0.25, -0.2) is 0 Å². The zero-order chi connectivity index (χ0) is 14.5. The molecular formula is C14H28N2O3. The van der Waals surface area contributed by atoms with Crippen LogP contribution >= 0.6 is 0 Å². The molecular weight excluding hydrogens is 244 g/mol. The Hall–Kier alpha value is -1.10. The Labute approximate surface area is 115 Å². The number of rotatable bonds is 12. The summed E-state index contributed by atoms with van der Waals surface area (Å²) in [5, 5.41) is 11.4. The molecule has 112 valence electrons. The van der Waals surface area contributed by atoms with Gasteiger partial charge in [0.2, 0.25) is 5.91 Å². The summed E-state index contributed by atoms with van der Waals surface area (Å²) in [7, 11) is 0. The van der Waals surface area contributed by atoms with E-state index in [0.29, 0.717) is 19.4 Å². The lowest BCUT2D eigenvalue weighted by Crippen LogP contribution is -2.30. The van der Waals surface area contributed by atoms with E-state index in [1.807, 2.05) is 0 Å². The number of carbonyl (C=O) groups excluding carboxylic acids is 1. The second-order valence-corrected chi connectivity index (χ2v) is 4.95. The molecule has 0 spiro atoms. The quantitative estimate of drug-likeness (QED) is 0.474. The smallest absolute Gasteiger partial charge is 0.320 e. The van der Waals surface area contributed by atoms with Crippen molar-refractivity contribution in [2.24, 2.45) is 5.73 Å². The van der Waals surface area contributed by atoms with Crippen LogP contribution in [0.4, 0.5) is 0 Å². The predicted octanol–water partition coefficient (Wildman–Crippen LogP) is 2.05. The molecule has 0 saturated carbocycles. The number of carboxylic acid groups (broad SMARTS) is 1. The van der Waals surface area contributed by atoms with Gasteiger partial charge in [0, 0.05) is 13.0 Å². The van der Waals surface area contributed by atoms with Crippen molar-refractivity contribution in [3.8, 4) is 0 Å². The van der Waals surface area contributed by atoms with E-state index in [4.69, 9.17) is 10.8 Å². The van der Waals surface area contributed by atoms with Crippen molar-refractivity contribution < 1.29 is 14.7 Å². The number of hydrogen-bond donors (Lipinski definition) is 3. The van der Waals surface area contributed by atoms with Crippen LogP contribution in [0.5, 0.6) is 0 Å². The Morgan fingerprint density at radius 3 is 2.42 bits per heavy atom. The number of nitrogens with two attached hydrogens (primary N) is 1. The Bertz CT molecular complexity index is 257. The molecule has 0 aliphatic heterocycles. The number of unbranched alkanes of at least 4 members (excludes halogenated alkanes) is 5. The standard InChI is InChI=1S/C14H28N2O3/c1-2-3-4-5-6-10-13(17)16-11-8-7-9-12(15)14(18)19/h12H,2-11,15H2,1H3,(H,16,17)(H,18,19)/t12-/m0/s1. The third-order valence-electron chi connectivity index (χ3n) is 3.09. The molecule has 0 aromatic heterocycles. The average Bonchev–Trinajstić information content (AvgIpc) is 2.37. The van der Waals surface area contributed by atoms with Crippen LogP contribution in [0.15, 0.2) is 0 Å². The zero-order valence-electron chi connectivity index (χ0n) is 12.0. The monoisotopic (exact) mass is 272 g/mol. The highest BCUT2D eigenvalue weighted by molar-refractivity contribution is 5.75. The van der Waals surface area contributed by atoms with Crippen LogP contribution in [-0.2, 0) is 9.59 Å². The molecule has 4 N–H and O–H groups in total. The van der Waals surface area contributed by atoms with Gasteiger partial charge in [-0.05, 0) is 25.7 Å². The van der Waals surface area contributed by atoms with E-state index in [2.05, 4.69) is 12.2 Å². The maximum Gasteiger partial charge on any atom is 0.320 e. The summed E-state index contributed by atoms with van der Waals surface area (Å²) in [5.41, 5.74) is 5.38. The molecule has 0 bridgehead atoms. The van der Waals surface area contributed by atoms with E-state index in [0.717, 1.165) is 25.7 Å². The maximum atomic E-state index is 11.5. The Kier molecular flexibility index (Phi) is 11.3. The SMILES string of the molecule is CCCCCCCC(=O)NCCCC[C@H](N)C(=O)O. The van der Waals surface area contributed by atoms with Gasteiger partial charge in [-0.15, -0.1) is 0 Å². The van der Waals surface area contributed by atoms with Crippen molar-refractivity contribution in [1.82, 2.24) is 5.32 Å². The van der Waals surface area contributed by atoms with Gasteiger partial charge in [0.1, 0.15) is 6.04 Å². The molecule has 1 atom stereocenters. The second kappa shape index (κ2) is 12.0. The Morgan fingerprint density at radius 1 is 1.11 bits per heavy atom. The van der Waals surface area contributed by atoms with Gasteiger partial charge in [-0.2, -0.15) is 0 Å². The highest BCUT2D eigenvalue weighted by Gasteiger charge is 2.10. The van der Waals surface area contributed by atoms with Gasteiger partial charge in [0.05, 0.1) is 0 Å². The van der Waals surface area contributed by atoms with Crippen LogP contribution in [0, 0.1) is 0 Å². The molecule has 0 rings (SSSR count). The summed E-state index contributed by atoms with van der Waals surface area (Å²) < 4.78 is 0. The van der Waals surface area contributed by atoms with E-state index in [1.54, 1.807) is 0 Å². The molecule has 5 heteroatoms. The molecule has 0 aromatic rings. The summed E-state index contributed by atoms with van der Waals surface area (Å²) in [6.07, 6.45) is 8.30. The normalized spacial score (nSPS) is 12.1. The zero-order valence-corrected chi connectivity index (χ0v) is 12.0. The number of hydrogen-bond acceptors (Lipinski definition) is 3. The lowest BCUT2D eigenvalue weighted by atomic mass is 10.1. The summed E-state index contributed by atoms with van der Waals surface area (Å²) in [5.74, 6) is -0.866. The molecule has 0 fully saturated rings. The van der Waals surface area contributed by atoms with Crippen LogP contribution in [0.3, 0.4) is 0 Å². The predicted molar refractivity (Wildman–Crippen MR) is 75.8 cm³/mol. The first-order valence-electron chi connectivity index (χ1n) is 7.33. The van der Waals surface area contributed by atoms with Crippen LogP contribution < -0.4 is 11.1 Å². The van der Waals surface area contributed by atoms with E-state index in [1.165, 1.54) is 19.3 Å². The lowest BCUT2D eigenvalue weighted by Gasteiger charge is -2.07. The first kappa shape index (κ1) is 17.9. The minimum atomic E-state index is -0.962. The van der Waals surface area contributed by atoms with Crippen LogP contribution in [0.25, 0.3) is 0 Å². The van der Waals surface area contributed by atoms with Crippen molar-refractivity contribution in [2.45, 2.75) is 70.8 Å². The number of aliphatic carboxylic acids is 1. The summed E-state index contributed by atoms with van der Waals surface area (Å²) in [4.78, 5) is 21.9. The van der Waals surface area contributed by atoms with Crippen molar-refractivity contribution in [3.63, 3.8) is 0 Å². The summed E-state index contributed by atoms with van der Waals surface area (Å²) >= 11 is 0. The molecule has 0 aliphatic carbocycles. The first-order chi connectivity index (χ1) is 9.07. The minimum Gasteiger partial charge on any atom is -0.480 e. The van der Waals surface area contributed by atoms with Gasteiger partial charge < -0.3 is 16.2 Å². The summed E-state index contributed by atoms with van der Waals surface area (Å²) in [6, 6.07) is -0.783. The fraction of sp³-hybridized carbons (Fsp3) is 0.857. The third kappa shape index (κ3) is 11.7. The minimum absolute atomic E-state index is 0.0963. The second-order valence-electron chi connectivity index (χ2n) is 4.95. The molecule has 0 aliphatic rings. The topological polar surface area (TPSA) is 92.4 Å². The third-order valence-corrected chi connectivity index (χ3v) is 3.09.